The number of nitrogens with zero attached hydrogens (tertiary/aromatic N) is 1. The third kappa shape index (κ3) is 4.83. The molecular weight excluding hydrogens is 548 g/mol. The Morgan fingerprint density at radius 2 is 1.98 bits per heavy atom. The predicted octanol–water partition coefficient (Wildman–Crippen LogP) is 3.14. The van der Waals surface area contributed by atoms with E-state index in [1.807, 2.05) is 6.92 Å². The number of aliphatic hydroxyl groups excluding tert-OH is 1. The normalized spacial score (nSPS) is 20.9. The number of pyridine rings is 1. The zero-order valence-corrected chi connectivity index (χ0v) is 22.1. The van der Waals surface area contributed by atoms with E-state index in [2.05, 4.69) is 15.6 Å². The highest BCUT2D eigenvalue weighted by molar-refractivity contribution is 5.96. The number of fused-ring (bicyclic) bond motifs is 2. The fourth-order valence-electron chi connectivity index (χ4n) is 4.99. The van der Waals surface area contributed by atoms with Crippen molar-refractivity contribution in [2.45, 2.75) is 30.2 Å². The minimum atomic E-state index is -5.31. The Balaban J connectivity index is 1.56. The molecule has 5 rings (SSSR count). The highest BCUT2D eigenvalue weighted by atomic mass is 19.4. The van der Waals surface area contributed by atoms with Crippen LogP contribution in [0.4, 0.5) is 23.2 Å². The Kier molecular flexibility index (Phi) is 7.08. The topological polar surface area (TPSA) is 139 Å². The lowest BCUT2D eigenvalue weighted by atomic mass is 9.88. The molecule has 2 aliphatic heterocycles. The largest absolute Gasteiger partial charge is 0.495 e. The summed E-state index contributed by atoms with van der Waals surface area (Å²) in [5.74, 6) is -1.08. The van der Waals surface area contributed by atoms with Crippen LogP contribution in [-0.4, -0.2) is 60.7 Å². The van der Waals surface area contributed by atoms with Gasteiger partial charge in [0.25, 0.3) is 5.91 Å². The average molecular weight is 577 g/mol. The van der Waals surface area contributed by atoms with E-state index in [0.29, 0.717) is 18.0 Å². The first-order valence-electron chi connectivity index (χ1n) is 12.7. The number of amides is 1. The number of carbonyl (C=O) groups is 1. The highest BCUT2D eigenvalue weighted by Crippen LogP contribution is 2.46. The molecule has 0 aliphatic carbocycles. The summed E-state index contributed by atoms with van der Waals surface area (Å²) >= 11 is 0. The Hall–Kier alpha value is -3.94. The molecule has 3 heterocycles. The molecule has 0 spiro atoms. The molecule has 13 heteroatoms. The summed E-state index contributed by atoms with van der Waals surface area (Å²) in [5, 5.41) is 26.4. The lowest BCUT2D eigenvalue weighted by molar-refractivity contribution is -0.265. The van der Waals surface area contributed by atoms with Gasteiger partial charge in [-0.3, -0.25) is 4.79 Å². The molecule has 9 nitrogen and oxygen atoms in total. The molecule has 2 aliphatic rings. The molecule has 0 saturated heterocycles. The summed E-state index contributed by atoms with van der Waals surface area (Å²) in [7, 11) is 1.41. The van der Waals surface area contributed by atoms with Crippen molar-refractivity contribution in [2.75, 3.05) is 38.7 Å². The van der Waals surface area contributed by atoms with Crippen molar-refractivity contribution in [3.05, 3.63) is 70.7 Å². The van der Waals surface area contributed by atoms with Gasteiger partial charge in [-0.05, 0) is 48.0 Å². The molecular formula is C28H28F4N4O5. The van der Waals surface area contributed by atoms with Crippen molar-refractivity contribution in [2.24, 2.45) is 5.73 Å². The highest BCUT2D eigenvalue weighted by Gasteiger charge is 2.57. The van der Waals surface area contributed by atoms with Crippen LogP contribution in [0, 0.1) is 5.82 Å². The standard InChI is InChI=1S/C28H28F4N4O5/c1-14-10-34-23-18(14)7-16(8-20(23)40-2)25(38)35-11-27(39,28(30,31)32)21-9-19-24(41-13-26(19,33)12-37)22(36-21)15-3-5-17(29)6-4-15/h3-9,14,34,37,39H,10-13,33H2,1-2H3,(H,35,38). The minimum absolute atomic E-state index is 0.00145. The molecule has 1 amide bonds. The number of aliphatic hydroxyl groups is 2. The van der Waals surface area contributed by atoms with Crippen molar-refractivity contribution in [1.82, 2.24) is 10.3 Å². The molecule has 0 bridgehead atoms. The molecule has 41 heavy (non-hydrogen) atoms. The fourth-order valence-corrected chi connectivity index (χ4v) is 4.99. The van der Waals surface area contributed by atoms with E-state index in [-0.39, 0.29) is 40.7 Å². The molecule has 0 radical (unpaired) electrons. The van der Waals surface area contributed by atoms with E-state index >= 15 is 0 Å². The van der Waals surface area contributed by atoms with E-state index in [1.54, 1.807) is 6.07 Å². The van der Waals surface area contributed by atoms with Crippen LogP contribution in [0.15, 0.2) is 42.5 Å². The number of benzene rings is 2. The lowest BCUT2D eigenvalue weighted by Crippen LogP contribution is -2.52. The van der Waals surface area contributed by atoms with E-state index < -0.39 is 47.9 Å². The number of aromatic nitrogens is 1. The minimum Gasteiger partial charge on any atom is -0.495 e. The maximum Gasteiger partial charge on any atom is 0.424 e. The number of halogens is 4. The van der Waals surface area contributed by atoms with Crippen molar-refractivity contribution >= 4 is 11.6 Å². The third-order valence-electron chi connectivity index (χ3n) is 7.51. The quantitative estimate of drug-likeness (QED) is 0.271. The Morgan fingerprint density at radius 3 is 2.61 bits per heavy atom. The number of ether oxygens (including phenoxy) is 2. The summed E-state index contributed by atoms with van der Waals surface area (Å²) in [6.45, 7) is 0.280. The molecule has 3 unspecified atom stereocenters. The summed E-state index contributed by atoms with van der Waals surface area (Å²) in [5.41, 5.74) is 1.61. The Bertz CT molecular complexity index is 1500. The van der Waals surface area contributed by atoms with Gasteiger partial charge in [-0.25, -0.2) is 9.37 Å². The van der Waals surface area contributed by atoms with Gasteiger partial charge < -0.3 is 36.1 Å². The second kappa shape index (κ2) is 10.2. The Labute approximate surface area is 232 Å². The summed E-state index contributed by atoms with van der Waals surface area (Å²) < 4.78 is 68.3. The van der Waals surface area contributed by atoms with Crippen molar-refractivity contribution in [3.63, 3.8) is 0 Å². The second-order valence-corrected chi connectivity index (χ2v) is 10.3. The molecule has 3 aromatic rings. The van der Waals surface area contributed by atoms with Gasteiger partial charge in [0, 0.05) is 29.2 Å². The molecule has 3 atom stereocenters. The number of methoxy groups -OCH3 is 1. The average Bonchev–Trinajstić information content (AvgIpc) is 3.50. The van der Waals surface area contributed by atoms with Gasteiger partial charge in [0.1, 0.15) is 29.4 Å². The summed E-state index contributed by atoms with van der Waals surface area (Å²) in [6, 6.07) is 8.61. The number of alkyl halides is 3. The van der Waals surface area contributed by atoms with E-state index in [0.717, 1.165) is 23.8 Å². The number of nitrogens with two attached hydrogens (primary N) is 1. The monoisotopic (exact) mass is 576 g/mol. The van der Waals surface area contributed by atoms with Gasteiger partial charge in [0.05, 0.1) is 31.6 Å². The third-order valence-corrected chi connectivity index (χ3v) is 7.51. The van der Waals surface area contributed by atoms with Crippen LogP contribution in [0.1, 0.15) is 40.0 Å². The molecule has 2 aromatic carbocycles. The molecule has 0 fully saturated rings. The SMILES string of the molecule is COc1cc(C(=O)NCC(O)(c2cc3c(c(-c4ccc(F)cc4)n2)OCC3(N)CO)C(F)(F)F)cc2c1NCC2C. The first-order valence-corrected chi connectivity index (χ1v) is 12.7. The maximum absolute atomic E-state index is 14.6. The molecule has 218 valence electrons. The predicted molar refractivity (Wildman–Crippen MR) is 140 cm³/mol. The van der Waals surface area contributed by atoms with E-state index in [4.69, 9.17) is 15.2 Å². The fraction of sp³-hybridized carbons (Fsp3) is 0.357. The van der Waals surface area contributed by atoms with E-state index in [1.165, 1.54) is 25.3 Å². The first kappa shape index (κ1) is 28.6. The zero-order chi connectivity index (χ0) is 29.7. The van der Waals surface area contributed by atoms with Gasteiger partial charge in [0.2, 0.25) is 5.60 Å². The van der Waals surface area contributed by atoms with Crippen LogP contribution in [0.2, 0.25) is 0 Å². The number of rotatable bonds is 7. The number of carbonyl (C=O) groups excluding carboxylic acids is 1. The van der Waals surface area contributed by atoms with Crippen LogP contribution in [0.25, 0.3) is 11.3 Å². The van der Waals surface area contributed by atoms with Crippen molar-refractivity contribution in [3.8, 4) is 22.8 Å². The van der Waals surface area contributed by atoms with Gasteiger partial charge >= 0.3 is 6.18 Å². The number of hydrogen-bond donors (Lipinski definition) is 5. The van der Waals surface area contributed by atoms with Crippen LogP contribution >= 0.6 is 0 Å². The molecule has 1 aromatic heterocycles. The van der Waals surface area contributed by atoms with Crippen LogP contribution in [0.3, 0.4) is 0 Å². The second-order valence-electron chi connectivity index (χ2n) is 10.3. The van der Waals surface area contributed by atoms with Gasteiger partial charge in [-0.15, -0.1) is 0 Å². The summed E-state index contributed by atoms with van der Waals surface area (Å²) in [6.07, 6.45) is -5.31. The number of nitrogens with one attached hydrogen (secondary N) is 2. The lowest BCUT2D eigenvalue weighted by Gasteiger charge is -2.31. The first-order chi connectivity index (χ1) is 19.3. The van der Waals surface area contributed by atoms with E-state index in [9.17, 15) is 32.6 Å². The van der Waals surface area contributed by atoms with Crippen molar-refractivity contribution in [1.29, 1.82) is 0 Å². The summed E-state index contributed by atoms with van der Waals surface area (Å²) in [4.78, 5) is 17.2. The molecule has 6 N–H and O–H groups in total. The molecule has 0 saturated carbocycles. The van der Waals surface area contributed by atoms with Crippen molar-refractivity contribution < 1.29 is 42.0 Å². The Morgan fingerprint density at radius 1 is 1.27 bits per heavy atom. The number of hydrogen-bond acceptors (Lipinski definition) is 8. The zero-order valence-electron chi connectivity index (χ0n) is 22.1. The van der Waals surface area contributed by atoms with Gasteiger partial charge in [-0.1, -0.05) is 6.92 Å². The van der Waals surface area contributed by atoms with Gasteiger partial charge in [0.15, 0.2) is 5.75 Å². The van der Waals surface area contributed by atoms with Gasteiger partial charge in [-0.2, -0.15) is 13.2 Å². The van der Waals surface area contributed by atoms with Crippen LogP contribution in [0.5, 0.6) is 11.5 Å². The smallest absolute Gasteiger partial charge is 0.424 e. The number of anilines is 1. The maximum atomic E-state index is 14.6. The van der Waals surface area contributed by atoms with Crippen LogP contribution in [-0.2, 0) is 11.1 Å². The van der Waals surface area contributed by atoms with Crippen LogP contribution < -0.4 is 25.8 Å².